The number of unbranched alkanes of at least 4 members (excludes halogenated alkanes) is 4. The summed E-state index contributed by atoms with van der Waals surface area (Å²) in [5.74, 6) is -1.64. The van der Waals surface area contributed by atoms with Crippen LogP contribution in [-0.4, -0.2) is 33.2 Å². The van der Waals surface area contributed by atoms with Crippen LogP contribution >= 0.6 is 0 Å². The fourth-order valence-electron chi connectivity index (χ4n) is 1.88. The maximum Gasteiger partial charge on any atom is 0.336 e. The number of H-pyrrole nitrogens is 1. The van der Waals surface area contributed by atoms with Crippen LogP contribution in [-0.2, 0) is 4.79 Å². The summed E-state index contributed by atoms with van der Waals surface area (Å²) in [6.07, 6.45) is 4.57. The third kappa shape index (κ3) is 6.43. The Hall–Kier alpha value is -2.49. The summed E-state index contributed by atoms with van der Waals surface area (Å²) in [6, 6.07) is -0.815. The zero-order valence-electron chi connectivity index (χ0n) is 12.4. The van der Waals surface area contributed by atoms with Crippen molar-refractivity contribution in [1.82, 2.24) is 20.3 Å². The predicted octanol–water partition coefficient (Wildman–Crippen LogP) is 0.0794. The third-order valence-corrected chi connectivity index (χ3v) is 3.10. The Bertz CT molecular complexity index is 655. The topological polar surface area (TPSA) is 133 Å². The van der Waals surface area contributed by atoms with Gasteiger partial charge in [-0.3, -0.25) is 19.8 Å². The number of nitrogens with one attached hydrogen (secondary N) is 3. The number of hydrogen-bond donors (Lipinski definition) is 4. The average Bonchev–Trinajstić information content (AvgIpc) is 2.52. The van der Waals surface area contributed by atoms with Gasteiger partial charge in [0.25, 0.3) is 5.56 Å². The Morgan fingerprint density at radius 1 is 1.17 bits per heavy atom. The molecule has 9 nitrogen and oxygen atoms in total. The van der Waals surface area contributed by atoms with Crippen LogP contribution in [0.5, 0.6) is 0 Å². The van der Waals surface area contributed by atoms with Gasteiger partial charge < -0.3 is 5.32 Å². The fourth-order valence-corrected chi connectivity index (χ4v) is 1.88. The van der Waals surface area contributed by atoms with E-state index < -0.39 is 29.0 Å². The van der Waals surface area contributed by atoms with E-state index in [1.54, 1.807) is 10.5 Å². The summed E-state index contributed by atoms with van der Waals surface area (Å²) >= 11 is 0. The van der Waals surface area contributed by atoms with Crippen LogP contribution in [0.3, 0.4) is 0 Å². The number of nitrogens with zero attached hydrogens (tertiary/aromatic N) is 1. The summed E-state index contributed by atoms with van der Waals surface area (Å²) in [6.45, 7) is 0.295. The molecule has 0 spiro atoms. The molecule has 0 radical (unpaired) electrons. The van der Waals surface area contributed by atoms with Crippen LogP contribution in [0.15, 0.2) is 15.8 Å². The Kier molecular flexibility index (Phi) is 7.67. The second-order valence-corrected chi connectivity index (χ2v) is 4.89. The highest BCUT2D eigenvalue weighted by atomic mass is 19.1. The smallest absolute Gasteiger partial charge is 0.336 e. The highest BCUT2D eigenvalue weighted by Crippen LogP contribution is 2.04. The molecule has 1 aromatic rings. The number of aromatic amines is 1. The second kappa shape index (κ2) is 9.51. The first-order valence-corrected chi connectivity index (χ1v) is 7.18. The normalized spacial score (nSPS) is 10.3. The minimum Gasteiger partial charge on any atom is -0.337 e. The lowest BCUT2D eigenvalue weighted by Gasteiger charge is -2.06. The van der Waals surface area contributed by atoms with Crippen molar-refractivity contribution >= 4 is 11.9 Å². The Balaban J connectivity index is 2.23. The Morgan fingerprint density at radius 2 is 1.83 bits per heavy atom. The molecule has 0 aromatic carbocycles. The molecule has 0 bridgehead atoms. The molecule has 10 heteroatoms. The number of aromatic nitrogens is 2. The number of halogens is 1. The second-order valence-electron chi connectivity index (χ2n) is 4.89. The molecule has 0 unspecified atom stereocenters. The molecule has 0 saturated carbocycles. The molecule has 0 aliphatic heterocycles. The molecular formula is C13H19FN4O5. The lowest BCUT2D eigenvalue weighted by atomic mass is 10.1. The fraction of sp³-hybridized carbons (Fsp3) is 0.538. The maximum atomic E-state index is 13.0. The van der Waals surface area contributed by atoms with E-state index >= 15 is 0 Å². The minimum absolute atomic E-state index is 0.258. The highest BCUT2D eigenvalue weighted by molar-refractivity contribution is 5.76. The molecule has 0 fully saturated rings. The molecule has 1 rings (SSSR count). The molecule has 0 atom stereocenters. The zero-order chi connectivity index (χ0) is 17.2. The van der Waals surface area contributed by atoms with Gasteiger partial charge in [0.05, 0.1) is 6.20 Å². The summed E-state index contributed by atoms with van der Waals surface area (Å²) in [4.78, 5) is 46.3. The van der Waals surface area contributed by atoms with Crippen molar-refractivity contribution in [2.45, 2.75) is 38.5 Å². The molecule has 1 heterocycles. The maximum absolute atomic E-state index is 13.0. The van der Waals surface area contributed by atoms with Gasteiger partial charge in [0.2, 0.25) is 11.7 Å². The monoisotopic (exact) mass is 330 g/mol. The molecule has 1 aromatic heterocycles. The molecule has 0 aliphatic carbocycles. The van der Waals surface area contributed by atoms with Crippen molar-refractivity contribution in [3.05, 3.63) is 32.9 Å². The van der Waals surface area contributed by atoms with Crippen molar-refractivity contribution in [3.63, 3.8) is 0 Å². The number of hydroxylamine groups is 1. The molecular weight excluding hydrogens is 311 g/mol. The van der Waals surface area contributed by atoms with Gasteiger partial charge in [-0.25, -0.2) is 19.6 Å². The predicted molar refractivity (Wildman–Crippen MR) is 77.7 cm³/mol. The van der Waals surface area contributed by atoms with E-state index in [1.165, 1.54) is 0 Å². The summed E-state index contributed by atoms with van der Waals surface area (Å²) in [7, 11) is 0. The van der Waals surface area contributed by atoms with E-state index in [0.29, 0.717) is 30.2 Å². The van der Waals surface area contributed by atoms with Gasteiger partial charge in [0.15, 0.2) is 0 Å². The number of rotatable bonds is 8. The van der Waals surface area contributed by atoms with Crippen molar-refractivity contribution < 1.29 is 19.2 Å². The first-order chi connectivity index (χ1) is 11.0. The van der Waals surface area contributed by atoms with Gasteiger partial charge in [-0.05, 0) is 12.8 Å². The minimum atomic E-state index is -1.22. The largest absolute Gasteiger partial charge is 0.337 e. The van der Waals surface area contributed by atoms with Crippen LogP contribution in [0.1, 0.15) is 38.5 Å². The van der Waals surface area contributed by atoms with E-state index in [4.69, 9.17) is 5.21 Å². The van der Waals surface area contributed by atoms with Gasteiger partial charge >= 0.3 is 11.7 Å². The summed E-state index contributed by atoms with van der Waals surface area (Å²) < 4.78 is 13.5. The standard InChI is InChI=1S/C13H19FN4O5/c14-9-8-18(13(22)16-11(9)20)12(21)15-7-5-3-1-2-4-6-10(19)17-23/h8,23H,1-7H2,(H,15,21)(H,17,19)(H,16,20,22). The lowest BCUT2D eigenvalue weighted by molar-refractivity contribution is -0.129. The van der Waals surface area contributed by atoms with Crippen LogP contribution in [0.2, 0.25) is 0 Å². The highest BCUT2D eigenvalue weighted by Gasteiger charge is 2.10. The zero-order valence-corrected chi connectivity index (χ0v) is 12.4. The number of carbonyl (C=O) groups excluding carboxylic acids is 2. The van der Waals surface area contributed by atoms with Crippen molar-refractivity contribution in [2.75, 3.05) is 6.54 Å². The van der Waals surface area contributed by atoms with E-state index in [1.807, 2.05) is 0 Å². The van der Waals surface area contributed by atoms with E-state index in [9.17, 15) is 23.6 Å². The molecule has 0 saturated heterocycles. The van der Waals surface area contributed by atoms with Gasteiger partial charge in [-0.2, -0.15) is 4.39 Å². The number of amides is 2. The van der Waals surface area contributed by atoms with Crippen LogP contribution in [0, 0.1) is 5.82 Å². The van der Waals surface area contributed by atoms with E-state index in [2.05, 4.69) is 5.32 Å². The third-order valence-electron chi connectivity index (χ3n) is 3.10. The van der Waals surface area contributed by atoms with Crippen LogP contribution in [0.4, 0.5) is 9.18 Å². The van der Waals surface area contributed by atoms with E-state index in [-0.39, 0.29) is 6.42 Å². The molecule has 0 aliphatic rings. The number of hydrogen-bond acceptors (Lipinski definition) is 5. The first kappa shape index (κ1) is 18.6. The van der Waals surface area contributed by atoms with Crippen molar-refractivity contribution in [1.29, 1.82) is 0 Å². The molecule has 2 amide bonds. The van der Waals surface area contributed by atoms with Crippen molar-refractivity contribution in [2.24, 2.45) is 0 Å². The van der Waals surface area contributed by atoms with Gasteiger partial charge in [-0.15, -0.1) is 0 Å². The van der Waals surface area contributed by atoms with Crippen LogP contribution in [0.25, 0.3) is 0 Å². The average molecular weight is 330 g/mol. The van der Waals surface area contributed by atoms with Crippen molar-refractivity contribution in [3.8, 4) is 0 Å². The lowest BCUT2D eigenvalue weighted by Crippen LogP contribution is -2.40. The summed E-state index contributed by atoms with van der Waals surface area (Å²) in [5, 5.41) is 10.7. The van der Waals surface area contributed by atoms with Gasteiger partial charge in [-0.1, -0.05) is 19.3 Å². The Morgan fingerprint density at radius 3 is 2.52 bits per heavy atom. The van der Waals surface area contributed by atoms with Gasteiger partial charge in [0, 0.05) is 13.0 Å². The first-order valence-electron chi connectivity index (χ1n) is 7.18. The summed E-state index contributed by atoms with van der Waals surface area (Å²) in [5.41, 5.74) is -0.623. The van der Waals surface area contributed by atoms with Crippen LogP contribution < -0.4 is 22.0 Å². The molecule has 23 heavy (non-hydrogen) atoms. The molecule has 128 valence electrons. The van der Waals surface area contributed by atoms with E-state index in [0.717, 1.165) is 19.3 Å². The SMILES string of the molecule is O=C(CCCCCCCNC(=O)n1cc(F)c(=O)[nH]c1=O)NO. The quantitative estimate of drug-likeness (QED) is 0.304. The number of carbonyl (C=O) groups is 2. The molecule has 4 N–H and O–H groups in total. The Labute approximate surface area is 130 Å². The van der Waals surface area contributed by atoms with Gasteiger partial charge in [0.1, 0.15) is 0 Å².